The maximum Gasteiger partial charge on any atom is 0.256 e. The maximum absolute atomic E-state index is 12.8. The molecule has 1 saturated heterocycles. The number of carbonyl (C=O) groups excluding carboxylic acids is 1. The summed E-state index contributed by atoms with van der Waals surface area (Å²) in [6.45, 7) is 1.35. The Morgan fingerprint density at radius 2 is 2.21 bits per heavy atom. The minimum atomic E-state index is 0.157. The van der Waals surface area contributed by atoms with Crippen LogP contribution in [0.4, 0.5) is 0 Å². The van der Waals surface area contributed by atoms with Crippen molar-refractivity contribution < 1.29 is 9.53 Å². The van der Waals surface area contributed by atoms with Gasteiger partial charge in [-0.3, -0.25) is 4.79 Å². The fourth-order valence-corrected chi connectivity index (χ4v) is 5.22. The molecule has 130 valence electrons. The van der Waals surface area contributed by atoms with Crippen molar-refractivity contribution in [1.82, 2.24) is 15.2 Å². The second-order valence-corrected chi connectivity index (χ2v) is 8.11. The summed E-state index contributed by atoms with van der Waals surface area (Å²) in [5, 5.41) is 3.58. The molecule has 0 radical (unpaired) electrons. The van der Waals surface area contributed by atoms with Gasteiger partial charge in [-0.15, -0.1) is 0 Å². The highest BCUT2D eigenvalue weighted by Gasteiger charge is 2.35. The van der Waals surface area contributed by atoms with E-state index in [1.807, 2.05) is 22.7 Å². The molecule has 1 aromatic heterocycles. The lowest BCUT2D eigenvalue weighted by Crippen LogP contribution is -2.33. The summed E-state index contributed by atoms with van der Waals surface area (Å²) in [7, 11) is 1.66. The van der Waals surface area contributed by atoms with Crippen molar-refractivity contribution in [2.75, 3.05) is 18.6 Å². The van der Waals surface area contributed by atoms with Crippen molar-refractivity contribution in [1.29, 1.82) is 0 Å². The predicted molar refractivity (Wildman–Crippen MR) is 95.5 cm³/mol. The van der Waals surface area contributed by atoms with Gasteiger partial charge in [-0.25, -0.2) is 4.98 Å². The Morgan fingerprint density at radius 1 is 1.38 bits per heavy atom. The largest absolute Gasteiger partial charge is 0.481 e. The smallest absolute Gasteiger partial charge is 0.256 e. The lowest BCUT2D eigenvalue weighted by molar-refractivity contribution is 0.0706. The van der Waals surface area contributed by atoms with Crippen LogP contribution in [0.1, 0.15) is 53.7 Å². The van der Waals surface area contributed by atoms with Gasteiger partial charge in [-0.2, -0.15) is 11.8 Å². The number of fused-ring (bicyclic) bond motifs is 1. The average molecular weight is 347 g/mol. The van der Waals surface area contributed by atoms with Gasteiger partial charge in [-0.1, -0.05) is 12.8 Å². The van der Waals surface area contributed by atoms with Crippen LogP contribution in [0.15, 0.2) is 6.07 Å². The van der Waals surface area contributed by atoms with Crippen LogP contribution in [-0.2, 0) is 13.1 Å². The molecule has 0 bridgehead atoms. The molecule has 5 nitrogen and oxygen atoms in total. The number of hydrogen-bond donors (Lipinski definition) is 1. The van der Waals surface area contributed by atoms with Gasteiger partial charge in [0.15, 0.2) is 0 Å². The van der Waals surface area contributed by atoms with Crippen LogP contribution in [0.2, 0.25) is 0 Å². The van der Waals surface area contributed by atoms with E-state index in [4.69, 9.17) is 4.74 Å². The number of ether oxygens (including phenoxy) is 1. The number of hydrogen-bond acceptors (Lipinski definition) is 5. The van der Waals surface area contributed by atoms with Crippen molar-refractivity contribution in [3.05, 3.63) is 22.9 Å². The molecule has 3 aliphatic rings. The molecule has 2 aliphatic heterocycles. The zero-order chi connectivity index (χ0) is 16.5. The Morgan fingerprint density at radius 3 is 2.92 bits per heavy atom. The zero-order valence-corrected chi connectivity index (χ0v) is 15.0. The molecule has 0 spiro atoms. The lowest BCUT2D eigenvalue weighted by atomic mass is 10.1. The third-order valence-electron chi connectivity index (χ3n) is 5.42. The molecular weight excluding hydrogens is 322 g/mol. The van der Waals surface area contributed by atoms with Gasteiger partial charge in [0.05, 0.1) is 24.9 Å². The number of nitrogens with one attached hydrogen (secondary N) is 1. The molecule has 1 amide bonds. The predicted octanol–water partition coefficient (Wildman–Crippen LogP) is 2.58. The first-order valence-corrected chi connectivity index (χ1v) is 10.1. The highest BCUT2D eigenvalue weighted by molar-refractivity contribution is 7.99. The summed E-state index contributed by atoms with van der Waals surface area (Å²) < 4.78 is 5.50. The van der Waals surface area contributed by atoms with Crippen molar-refractivity contribution in [3.8, 4) is 5.88 Å². The molecular formula is C18H25N3O2S. The van der Waals surface area contributed by atoms with Crippen LogP contribution < -0.4 is 10.1 Å². The number of nitrogens with zero attached hydrogens (tertiary/aromatic N) is 2. The number of methoxy groups -OCH3 is 1. The summed E-state index contributed by atoms with van der Waals surface area (Å²) in [6, 6.07) is 2.96. The highest BCUT2D eigenvalue weighted by Crippen LogP contribution is 2.33. The SMILES string of the molecule is COc1nc2c(cc1CNC1CCSC1)C(=O)N(C1CCCC1)C2. The second-order valence-electron chi connectivity index (χ2n) is 6.96. The average Bonchev–Trinajstić information content (AvgIpc) is 3.34. The standard InChI is InChI=1S/C18H25N3O2S/c1-23-17-12(9-19-13-6-7-24-11-13)8-15-16(20-17)10-21(18(15)22)14-4-2-3-5-14/h8,13-14,19H,2-7,9-11H2,1H3. The highest BCUT2D eigenvalue weighted by atomic mass is 32.2. The fourth-order valence-electron chi connectivity index (χ4n) is 4.03. The summed E-state index contributed by atoms with van der Waals surface area (Å²) in [4.78, 5) is 19.5. The molecule has 6 heteroatoms. The third kappa shape index (κ3) is 3.02. The third-order valence-corrected chi connectivity index (χ3v) is 6.58. The first-order chi connectivity index (χ1) is 11.8. The van der Waals surface area contributed by atoms with Crippen molar-refractivity contribution in [2.24, 2.45) is 0 Å². The monoisotopic (exact) mass is 347 g/mol. The molecule has 1 aromatic rings. The number of thioether (sulfide) groups is 1. The number of carbonyl (C=O) groups is 1. The number of aromatic nitrogens is 1. The van der Waals surface area contributed by atoms with Crippen LogP contribution >= 0.6 is 11.8 Å². The van der Waals surface area contributed by atoms with E-state index in [-0.39, 0.29) is 5.91 Å². The van der Waals surface area contributed by atoms with Gasteiger partial charge in [0.25, 0.3) is 5.91 Å². The molecule has 2 fully saturated rings. The van der Waals surface area contributed by atoms with Gasteiger partial charge < -0.3 is 15.0 Å². The summed E-state index contributed by atoms with van der Waals surface area (Å²) >= 11 is 1.99. The van der Waals surface area contributed by atoms with Crippen LogP contribution in [0.25, 0.3) is 0 Å². The number of rotatable bonds is 5. The van der Waals surface area contributed by atoms with Crippen LogP contribution in [0.3, 0.4) is 0 Å². The Labute approximate surface area is 147 Å². The van der Waals surface area contributed by atoms with E-state index in [1.54, 1.807) is 7.11 Å². The van der Waals surface area contributed by atoms with Crippen molar-refractivity contribution in [2.45, 2.75) is 57.3 Å². The van der Waals surface area contributed by atoms with Gasteiger partial charge in [0, 0.05) is 29.9 Å². The molecule has 1 saturated carbocycles. The Kier molecular flexibility index (Phi) is 4.68. The Bertz CT molecular complexity index is 625. The van der Waals surface area contributed by atoms with E-state index in [9.17, 15) is 4.79 Å². The molecule has 1 atom stereocenters. The van der Waals surface area contributed by atoms with E-state index >= 15 is 0 Å². The number of pyridine rings is 1. The topological polar surface area (TPSA) is 54.5 Å². The molecule has 1 unspecified atom stereocenters. The Hall–Kier alpha value is -1.27. The van der Waals surface area contributed by atoms with Gasteiger partial charge >= 0.3 is 0 Å². The van der Waals surface area contributed by atoms with E-state index in [0.717, 1.165) is 35.4 Å². The van der Waals surface area contributed by atoms with Gasteiger partial charge in [0.1, 0.15) is 0 Å². The molecule has 1 N–H and O–H groups in total. The summed E-state index contributed by atoms with van der Waals surface area (Å²) in [6.07, 6.45) is 5.93. The molecule has 0 aromatic carbocycles. The van der Waals surface area contributed by atoms with E-state index in [0.29, 0.717) is 31.1 Å². The van der Waals surface area contributed by atoms with Gasteiger partial charge in [0.2, 0.25) is 5.88 Å². The summed E-state index contributed by atoms with van der Waals surface area (Å²) in [5.74, 6) is 3.21. The lowest BCUT2D eigenvalue weighted by Gasteiger charge is -2.22. The Balaban J connectivity index is 1.53. The minimum absolute atomic E-state index is 0.157. The molecule has 24 heavy (non-hydrogen) atoms. The summed E-state index contributed by atoms with van der Waals surface area (Å²) in [5.41, 5.74) is 2.65. The van der Waals surface area contributed by atoms with Gasteiger partial charge in [-0.05, 0) is 31.1 Å². The normalized spacial score (nSPS) is 24.0. The fraction of sp³-hybridized carbons (Fsp3) is 0.667. The van der Waals surface area contributed by atoms with Crippen molar-refractivity contribution in [3.63, 3.8) is 0 Å². The molecule has 4 rings (SSSR count). The van der Waals surface area contributed by atoms with Crippen molar-refractivity contribution >= 4 is 17.7 Å². The number of amides is 1. The first-order valence-electron chi connectivity index (χ1n) is 8.95. The van der Waals surface area contributed by atoms with Crippen LogP contribution in [0, 0.1) is 0 Å². The minimum Gasteiger partial charge on any atom is -0.481 e. The van der Waals surface area contributed by atoms with Crippen LogP contribution in [-0.4, -0.2) is 46.5 Å². The first kappa shape index (κ1) is 16.2. The second kappa shape index (κ2) is 6.92. The van der Waals surface area contributed by atoms with Crippen LogP contribution in [0.5, 0.6) is 5.88 Å². The zero-order valence-electron chi connectivity index (χ0n) is 14.2. The molecule has 3 heterocycles. The van der Waals surface area contributed by atoms with E-state index in [1.165, 1.54) is 25.0 Å². The maximum atomic E-state index is 12.8. The molecule has 1 aliphatic carbocycles. The van der Waals surface area contributed by atoms with E-state index in [2.05, 4.69) is 10.3 Å². The quantitative estimate of drug-likeness (QED) is 0.887. The van der Waals surface area contributed by atoms with E-state index < -0.39 is 0 Å².